The number of benzene rings is 2. The van der Waals surface area contributed by atoms with Gasteiger partial charge in [0.25, 0.3) is 11.7 Å². The number of nitrogens with zero attached hydrogens (tertiary/aromatic N) is 2. The normalized spacial score (nSPS) is 16.2. The highest BCUT2D eigenvalue weighted by atomic mass is 16.5. The summed E-state index contributed by atoms with van der Waals surface area (Å²) in [7, 11) is 1.55. The summed E-state index contributed by atoms with van der Waals surface area (Å²) < 4.78 is 17.4. The van der Waals surface area contributed by atoms with Gasteiger partial charge in [0.2, 0.25) is 0 Å². The number of likely N-dealkylation sites (tertiary alicyclic amines) is 1. The summed E-state index contributed by atoms with van der Waals surface area (Å²) in [6.07, 6.45) is 8.27. The van der Waals surface area contributed by atoms with E-state index in [1.165, 1.54) is 4.90 Å². The van der Waals surface area contributed by atoms with Crippen molar-refractivity contribution in [3.05, 3.63) is 89.3 Å². The number of aliphatic hydroxyl groups is 1. The van der Waals surface area contributed by atoms with Crippen LogP contribution in [0, 0.1) is 0 Å². The average molecular weight is 559 g/mol. The first kappa shape index (κ1) is 29.6. The van der Waals surface area contributed by atoms with Crippen LogP contribution in [0.15, 0.2) is 72.6 Å². The quantitative estimate of drug-likeness (QED) is 0.105. The zero-order chi connectivity index (χ0) is 29.2. The maximum atomic E-state index is 13.5. The van der Waals surface area contributed by atoms with E-state index >= 15 is 0 Å². The number of aromatic nitrogens is 1. The predicted molar refractivity (Wildman–Crippen MR) is 157 cm³/mol. The first-order valence-electron chi connectivity index (χ1n) is 14.2. The van der Waals surface area contributed by atoms with Crippen molar-refractivity contribution in [2.24, 2.45) is 0 Å². The van der Waals surface area contributed by atoms with Crippen LogP contribution in [0.2, 0.25) is 0 Å². The van der Waals surface area contributed by atoms with Gasteiger partial charge in [-0.2, -0.15) is 0 Å². The van der Waals surface area contributed by atoms with Crippen molar-refractivity contribution in [2.45, 2.75) is 58.5 Å². The van der Waals surface area contributed by atoms with Crippen molar-refractivity contribution < 1.29 is 28.9 Å². The van der Waals surface area contributed by atoms with Crippen LogP contribution in [-0.2, 0) is 16.1 Å². The third-order valence-electron chi connectivity index (χ3n) is 7.00. The molecule has 2 heterocycles. The Labute approximate surface area is 241 Å². The SMILES string of the molecule is CCCCCOc1ccc(C2C(=C(O)c3cccc(OCCCC)c3)C(=O)C(=O)N2Cc2cccnc2)cc1OC. The smallest absolute Gasteiger partial charge is 0.295 e. The van der Waals surface area contributed by atoms with E-state index in [0.717, 1.165) is 37.7 Å². The molecule has 0 radical (unpaired) electrons. The van der Waals surface area contributed by atoms with Gasteiger partial charge in [0.15, 0.2) is 11.5 Å². The number of pyridine rings is 1. The van der Waals surface area contributed by atoms with Gasteiger partial charge in [0.05, 0.1) is 31.9 Å². The van der Waals surface area contributed by atoms with Crippen LogP contribution in [0.25, 0.3) is 5.76 Å². The first-order chi connectivity index (χ1) is 20.0. The Balaban J connectivity index is 1.77. The number of rotatable bonds is 14. The molecule has 1 fully saturated rings. The van der Waals surface area contributed by atoms with Crippen LogP contribution in [0.3, 0.4) is 0 Å². The molecule has 1 atom stereocenters. The Bertz CT molecular complexity index is 1370. The number of ether oxygens (including phenoxy) is 3. The number of hydrogen-bond donors (Lipinski definition) is 1. The van der Waals surface area contributed by atoms with E-state index < -0.39 is 17.7 Å². The Morgan fingerprint density at radius 2 is 1.73 bits per heavy atom. The second kappa shape index (κ2) is 14.3. The van der Waals surface area contributed by atoms with Gasteiger partial charge >= 0.3 is 0 Å². The average Bonchev–Trinajstić information content (AvgIpc) is 3.24. The fourth-order valence-corrected chi connectivity index (χ4v) is 4.81. The van der Waals surface area contributed by atoms with Gasteiger partial charge in [-0.05, 0) is 54.3 Å². The minimum absolute atomic E-state index is 0.00302. The second-order valence-electron chi connectivity index (χ2n) is 9.98. The Kier molecular flexibility index (Phi) is 10.4. The maximum absolute atomic E-state index is 13.5. The molecule has 41 heavy (non-hydrogen) atoms. The number of unbranched alkanes of at least 4 members (excludes halogenated alkanes) is 3. The Morgan fingerprint density at radius 3 is 2.46 bits per heavy atom. The molecule has 1 aromatic heterocycles. The fourth-order valence-electron chi connectivity index (χ4n) is 4.81. The Morgan fingerprint density at radius 1 is 0.927 bits per heavy atom. The number of Topliss-reactive ketones (excluding diaryl/α,β-unsaturated/α-hetero) is 1. The van der Waals surface area contributed by atoms with Gasteiger partial charge in [0.1, 0.15) is 11.5 Å². The second-order valence-corrected chi connectivity index (χ2v) is 9.98. The number of aliphatic hydroxyl groups excluding tert-OH is 1. The number of carbonyl (C=O) groups is 2. The van der Waals surface area contributed by atoms with Gasteiger partial charge in [-0.25, -0.2) is 0 Å². The topological polar surface area (TPSA) is 98.2 Å². The molecule has 1 aliphatic heterocycles. The predicted octanol–water partition coefficient (Wildman–Crippen LogP) is 6.46. The molecule has 8 nitrogen and oxygen atoms in total. The summed E-state index contributed by atoms with van der Waals surface area (Å²) in [5, 5.41) is 11.5. The number of amides is 1. The number of hydrogen-bond acceptors (Lipinski definition) is 7. The van der Waals surface area contributed by atoms with Crippen LogP contribution in [0.4, 0.5) is 0 Å². The molecule has 8 heteroatoms. The van der Waals surface area contributed by atoms with Gasteiger partial charge in [-0.3, -0.25) is 14.6 Å². The molecule has 1 amide bonds. The van der Waals surface area contributed by atoms with E-state index in [2.05, 4.69) is 18.8 Å². The molecule has 0 aliphatic carbocycles. The minimum Gasteiger partial charge on any atom is -0.507 e. The maximum Gasteiger partial charge on any atom is 0.295 e. The fraction of sp³-hybridized carbons (Fsp3) is 0.364. The molecule has 0 saturated carbocycles. The van der Waals surface area contributed by atoms with E-state index in [9.17, 15) is 14.7 Å². The lowest BCUT2D eigenvalue weighted by molar-refractivity contribution is -0.140. The van der Waals surface area contributed by atoms with Crippen molar-refractivity contribution in [3.8, 4) is 17.2 Å². The van der Waals surface area contributed by atoms with Crippen LogP contribution >= 0.6 is 0 Å². The highest BCUT2D eigenvalue weighted by Crippen LogP contribution is 2.43. The summed E-state index contributed by atoms with van der Waals surface area (Å²) in [5.41, 5.74) is 1.77. The number of carbonyl (C=O) groups excluding carboxylic acids is 2. The monoisotopic (exact) mass is 558 g/mol. The van der Waals surface area contributed by atoms with Gasteiger partial charge < -0.3 is 24.2 Å². The molecule has 0 bridgehead atoms. The summed E-state index contributed by atoms with van der Waals surface area (Å²) >= 11 is 0. The van der Waals surface area contributed by atoms with Crippen molar-refractivity contribution in [3.63, 3.8) is 0 Å². The highest BCUT2D eigenvalue weighted by Gasteiger charge is 2.46. The highest BCUT2D eigenvalue weighted by molar-refractivity contribution is 6.46. The van der Waals surface area contributed by atoms with Gasteiger partial charge in [0, 0.05) is 24.5 Å². The van der Waals surface area contributed by atoms with Crippen molar-refractivity contribution in [1.29, 1.82) is 0 Å². The lowest BCUT2D eigenvalue weighted by Crippen LogP contribution is -2.29. The molecular weight excluding hydrogens is 520 g/mol. The first-order valence-corrected chi connectivity index (χ1v) is 14.2. The summed E-state index contributed by atoms with van der Waals surface area (Å²) in [6.45, 7) is 5.45. The zero-order valence-electron chi connectivity index (χ0n) is 24.0. The molecule has 1 unspecified atom stereocenters. The van der Waals surface area contributed by atoms with Gasteiger partial charge in [-0.15, -0.1) is 0 Å². The molecular formula is C33H38N2O6. The van der Waals surface area contributed by atoms with Crippen molar-refractivity contribution in [1.82, 2.24) is 9.88 Å². The van der Waals surface area contributed by atoms with Crippen LogP contribution in [-0.4, -0.2) is 47.0 Å². The van der Waals surface area contributed by atoms with Crippen LogP contribution in [0.1, 0.15) is 68.7 Å². The molecule has 1 N–H and O–H groups in total. The standard InChI is InChI=1S/C33H38N2O6/c1-4-6-8-18-41-27-15-14-24(20-28(27)39-3)30-29(31(36)25-12-9-13-26(19-25)40-17-7-5-2)32(37)33(38)35(30)22-23-11-10-16-34-21-23/h9-16,19-21,30,36H,4-8,17-18,22H2,1-3H3. The largest absolute Gasteiger partial charge is 0.507 e. The third kappa shape index (κ3) is 7.06. The molecule has 0 spiro atoms. The zero-order valence-corrected chi connectivity index (χ0v) is 24.0. The molecule has 2 aromatic carbocycles. The molecule has 1 aliphatic rings. The lowest BCUT2D eigenvalue weighted by atomic mass is 9.94. The number of ketones is 1. The van der Waals surface area contributed by atoms with Gasteiger partial charge in [-0.1, -0.05) is 57.4 Å². The molecule has 1 saturated heterocycles. The molecule has 4 rings (SSSR count). The van der Waals surface area contributed by atoms with Crippen LogP contribution < -0.4 is 14.2 Å². The van der Waals surface area contributed by atoms with E-state index in [0.29, 0.717) is 41.6 Å². The summed E-state index contributed by atoms with van der Waals surface area (Å²) in [6, 6.07) is 15.1. The van der Waals surface area contributed by atoms with Crippen molar-refractivity contribution >= 4 is 17.4 Å². The van der Waals surface area contributed by atoms with E-state index in [1.54, 1.807) is 62.0 Å². The van der Waals surface area contributed by atoms with E-state index in [-0.39, 0.29) is 17.9 Å². The van der Waals surface area contributed by atoms with E-state index in [1.807, 2.05) is 12.1 Å². The lowest BCUT2D eigenvalue weighted by Gasteiger charge is -2.26. The molecule has 216 valence electrons. The molecule has 3 aromatic rings. The van der Waals surface area contributed by atoms with Crippen molar-refractivity contribution in [2.75, 3.05) is 20.3 Å². The van der Waals surface area contributed by atoms with E-state index in [4.69, 9.17) is 14.2 Å². The number of methoxy groups -OCH3 is 1. The summed E-state index contributed by atoms with van der Waals surface area (Å²) in [5.74, 6) is -0.0790. The summed E-state index contributed by atoms with van der Waals surface area (Å²) in [4.78, 5) is 32.6. The Hall–Kier alpha value is -4.33. The van der Waals surface area contributed by atoms with Crippen LogP contribution in [0.5, 0.6) is 17.2 Å². The minimum atomic E-state index is -0.858. The third-order valence-corrected chi connectivity index (χ3v) is 7.00.